The molecule has 2 fully saturated rings. The number of fused-ring (bicyclic) bond motifs is 1. The zero-order valence-corrected chi connectivity index (χ0v) is 26.1. The minimum absolute atomic E-state index is 0.0902. The van der Waals surface area contributed by atoms with E-state index in [9.17, 15) is 9.59 Å². The summed E-state index contributed by atoms with van der Waals surface area (Å²) in [6, 6.07) is 39.9. The Bertz CT molecular complexity index is 1460. The SMILES string of the molecule is COC(=O)C[C@@H]1/C(=[CH]/[Sn]([c]2ccccc2)([c]2ccccc2)[c]2ccccc2)C[C@H]2C(=O)N(c3ccc(OC)cc3)[C@@H]12. The monoisotopic (exact) mass is 651 g/mol. The second-order valence-electron chi connectivity index (χ2n) is 10.7. The molecule has 1 heterocycles. The van der Waals surface area contributed by atoms with Gasteiger partial charge in [-0.05, 0) is 0 Å². The number of esters is 1. The summed E-state index contributed by atoms with van der Waals surface area (Å²) in [4.78, 5) is 28.3. The van der Waals surface area contributed by atoms with Gasteiger partial charge in [-0.1, -0.05) is 0 Å². The Morgan fingerprint density at radius 3 is 1.78 bits per heavy atom. The summed E-state index contributed by atoms with van der Waals surface area (Å²) in [6.07, 6.45) is 0.896. The van der Waals surface area contributed by atoms with Gasteiger partial charge >= 0.3 is 246 Å². The molecule has 206 valence electrons. The molecule has 2 aliphatic rings. The third-order valence-corrected chi connectivity index (χ3v) is 21.6. The van der Waals surface area contributed by atoms with Crippen LogP contribution >= 0.6 is 0 Å². The van der Waals surface area contributed by atoms with Crippen LogP contribution in [0, 0.1) is 11.8 Å². The molecule has 1 aliphatic carbocycles. The van der Waals surface area contributed by atoms with Gasteiger partial charge in [-0.3, -0.25) is 0 Å². The molecule has 6 rings (SSSR count). The summed E-state index contributed by atoms with van der Waals surface area (Å²) in [7, 11) is 3.07. The van der Waals surface area contributed by atoms with Crippen molar-refractivity contribution >= 4 is 46.7 Å². The molecule has 6 heteroatoms. The normalized spacial score (nSPS) is 20.8. The molecule has 5 nitrogen and oxygen atoms in total. The number of nitrogens with zero attached hydrogens (tertiary/aromatic N) is 1. The first kappa shape index (κ1) is 27.3. The van der Waals surface area contributed by atoms with Crippen molar-refractivity contribution in [2.45, 2.75) is 18.9 Å². The number of hydrogen-bond acceptors (Lipinski definition) is 4. The molecule has 3 atom stereocenters. The van der Waals surface area contributed by atoms with Crippen LogP contribution in [-0.2, 0) is 14.3 Å². The Morgan fingerprint density at radius 1 is 0.805 bits per heavy atom. The van der Waals surface area contributed by atoms with Gasteiger partial charge in [0.15, 0.2) is 0 Å². The molecule has 4 aromatic carbocycles. The fourth-order valence-corrected chi connectivity index (χ4v) is 19.7. The first-order chi connectivity index (χ1) is 20.1. The van der Waals surface area contributed by atoms with Crippen LogP contribution in [-0.4, -0.2) is 50.5 Å². The number of benzene rings is 4. The summed E-state index contributed by atoms with van der Waals surface area (Å²) >= 11 is -3.79. The number of methoxy groups -OCH3 is 2. The molecular weight excluding hydrogens is 617 g/mol. The van der Waals surface area contributed by atoms with Gasteiger partial charge in [-0.15, -0.1) is 0 Å². The number of carbonyl (C=O) groups excluding carboxylic acids is 2. The van der Waals surface area contributed by atoms with E-state index in [2.05, 4.69) is 95.1 Å². The predicted molar refractivity (Wildman–Crippen MR) is 165 cm³/mol. The minimum atomic E-state index is -3.79. The fraction of sp³-hybridized carbons (Fsp3) is 0.200. The number of hydrogen-bond donors (Lipinski definition) is 0. The molecule has 1 saturated carbocycles. The Hall–Kier alpha value is -3.84. The molecule has 4 aromatic rings. The van der Waals surface area contributed by atoms with Crippen molar-refractivity contribution in [2.24, 2.45) is 11.8 Å². The first-order valence-corrected chi connectivity index (χ1v) is 19.9. The quantitative estimate of drug-likeness (QED) is 0.163. The standard InChI is InChI=1S/C17H18NO4.3C6H5.Sn/c1-10-8-14-16(13(10)9-15(19)22-3)18(17(14)20)11-4-6-12(21-2)7-5-11;3*1-2-4-6-5-3-1;/h1,4-7,13-14,16H,8-9H2,2-3H3;3*1-5H;/t13-,14-,16+;;;;/m1..../s1. The molecule has 1 aliphatic heterocycles. The van der Waals surface area contributed by atoms with Crippen LogP contribution in [0.5, 0.6) is 5.75 Å². The van der Waals surface area contributed by atoms with Crippen LogP contribution in [0.25, 0.3) is 0 Å². The van der Waals surface area contributed by atoms with E-state index in [-0.39, 0.29) is 36.2 Å². The van der Waals surface area contributed by atoms with Crippen LogP contribution < -0.4 is 20.4 Å². The number of amides is 1. The number of anilines is 1. The molecule has 0 bridgehead atoms. The van der Waals surface area contributed by atoms with Crippen molar-refractivity contribution in [3.8, 4) is 5.75 Å². The predicted octanol–water partition coefficient (Wildman–Crippen LogP) is 4.25. The zero-order valence-electron chi connectivity index (χ0n) is 23.3. The van der Waals surface area contributed by atoms with Crippen molar-refractivity contribution in [2.75, 3.05) is 19.1 Å². The van der Waals surface area contributed by atoms with Crippen molar-refractivity contribution in [3.63, 3.8) is 0 Å². The molecule has 0 N–H and O–H groups in total. The molecule has 0 spiro atoms. The molecule has 1 amide bonds. The summed E-state index contributed by atoms with van der Waals surface area (Å²) in [5.74, 6) is 0.321. The number of carbonyl (C=O) groups is 2. The van der Waals surface area contributed by atoms with E-state index in [0.29, 0.717) is 6.42 Å². The molecule has 1 saturated heterocycles. The van der Waals surface area contributed by atoms with Gasteiger partial charge in [0, 0.05) is 0 Å². The second kappa shape index (κ2) is 11.6. The third kappa shape index (κ3) is 4.86. The van der Waals surface area contributed by atoms with Gasteiger partial charge in [-0.25, -0.2) is 0 Å². The molecular formula is C35H33NO4Sn. The number of β-lactam (4-membered cyclic amide) rings is 1. The van der Waals surface area contributed by atoms with Gasteiger partial charge in [0.1, 0.15) is 0 Å². The van der Waals surface area contributed by atoms with Crippen LogP contribution in [0.3, 0.4) is 0 Å². The van der Waals surface area contributed by atoms with Gasteiger partial charge in [-0.2, -0.15) is 0 Å². The Kier molecular flexibility index (Phi) is 7.71. The van der Waals surface area contributed by atoms with Crippen molar-refractivity contribution in [1.29, 1.82) is 0 Å². The van der Waals surface area contributed by atoms with Crippen molar-refractivity contribution in [1.82, 2.24) is 0 Å². The Morgan fingerprint density at radius 2 is 1.32 bits per heavy atom. The average molecular weight is 650 g/mol. The summed E-state index contributed by atoms with van der Waals surface area (Å²) in [5, 5.41) is 0. The zero-order chi connectivity index (χ0) is 28.4. The van der Waals surface area contributed by atoms with Crippen LogP contribution in [0.2, 0.25) is 0 Å². The van der Waals surface area contributed by atoms with E-state index in [1.165, 1.54) is 23.4 Å². The third-order valence-electron chi connectivity index (χ3n) is 8.66. The van der Waals surface area contributed by atoms with Crippen molar-refractivity contribution in [3.05, 3.63) is 125 Å². The fourth-order valence-electron chi connectivity index (χ4n) is 6.72. The van der Waals surface area contributed by atoms with Gasteiger partial charge in [0.2, 0.25) is 0 Å². The summed E-state index contributed by atoms with van der Waals surface area (Å²) in [5.41, 5.74) is 2.03. The molecule has 0 radical (unpaired) electrons. The average Bonchev–Trinajstić information content (AvgIpc) is 3.33. The first-order valence-electron chi connectivity index (χ1n) is 14.0. The van der Waals surface area contributed by atoms with Gasteiger partial charge < -0.3 is 0 Å². The van der Waals surface area contributed by atoms with E-state index in [4.69, 9.17) is 9.47 Å². The van der Waals surface area contributed by atoms with E-state index in [0.717, 1.165) is 11.4 Å². The van der Waals surface area contributed by atoms with E-state index in [1.807, 2.05) is 29.2 Å². The Balaban J connectivity index is 1.53. The molecule has 0 aromatic heterocycles. The molecule has 0 unspecified atom stereocenters. The summed E-state index contributed by atoms with van der Waals surface area (Å²) < 4.78 is 17.1. The van der Waals surface area contributed by atoms with Crippen LogP contribution in [0.1, 0.15) is 12.8 Å². The second-order valence-corrected chi connectivity index (χ2v) is 21.1. The van der Waals surface area contributed by atoms with Crippen molar-refractivity contribution < 1.29 is 19.1 Å². The number of ether oxygens (including phenoxy) is 2. The summed E-state index contributed by atoms with van der Waals surface area (Å²) in [6.45, 7) is 0. The maximum atomic E-state index is 13.6. The van der Waals surface area contributed by atoms with Crippen LogP contribution in [0.4, 0.5) is 5.69 Å². The topological polar surface area (TPSA) is 55.8 Å². The van der Waals surface area contributed by atoms with Gasteiger partial charge in [0.05, 0.1) is 0 Å². The maximum absolute atomic E-state index is 13.6. The van der Waals surface area contributed by atoms with Gasteiger partial charge in [0.25, 0.3) is 0 Å². The van der Waals surface area contributed by atoms with E-state index < -0.39 is 18.4 Å². The van der Waals surface area contributed by atoms with E-state index >= 15 is 0 Å². The number of rotatable bonds is 8. The Labute approximate surface area is 245 Å². The molecule has 41 heavy (non-hydrogen) atoms. The van der Waals surface area contributed by atoms with E-state index in [1.54, 1.807) is 7.11 Å². The van der Waals surface area contributed by atoms with Crippen LogP contribution in [0.15, 0.2) is 125 Å².